The van der Waals surface area contributed by atoms with E-state index in [9.17, 15) is 22.0 Å². The number of carbonyl (C=O) groups excluding carboxylic acids is 1. The minimum atomic E-state index is -4.59. The largest absolute Gasteiger partial charge is 0.341 e. The monoisotopic (exact) mass is 275 g/mol. The Labute approximate surface area is 103 Å². The highest BCUT2D eigenvalue weighted by Gasteiger charge is 2.27. The van der Waals surface area contributed by atoms with E-state index in [0.29, 0.717) is 18.7 Å². The number of sulfone groups is 1. The molecule has 1 heterocycles. The molecule has 4 nitrogen and oxygen atoms in total. The molecule has 18 heavy (non-hydrogen) atoms. The number of amides is 1. The maximum Gasteiger partial charge on any atom is 0.341 e. The lowest BCUT2D eigenvalue weighted by molar-refractivity contribution is 0.0651. The summed E-state index contributed by atoms with van der Waals surface area (Å²) in [4.78, 5) is 12.9. The molecule has 1 amide bonds. The summed E-state index contributed by atoms with van der Waals surface area (Å²) in [6.45, 7) is 1.35. The Morgan fingerprint density at radius 1 is 1.17 bits per heavy atom. The molecule has 7 heteroatoms. The molecule has 0 bridgehead atoms. The zero-order chi connectivity index (χ0) is 13.3. The highest BCUT2D eigenvalue weighted by atomic mass is 32.2. The van der Waals surface area contributed by atoms with Crippen LogP contribution in [0.15, 0.2) is 29.2 Å². The van der Waals surface area contributed by atoms with Crippen LogP contribution in [0.4, 0.5) is 8.78 Å². The smallest absolute Gasteiger partial charge is 0.339 e. The Balaban J connectivity index is 2.22. The molecule has 98 valence electrons. The molecule has 0 radical (unpaired) electrons. The number of alkyl halides is 2. The fourth-order valence-corrected chi connectivity index (χ4v) is 2.31. The van der Waals surface area contributed by atoms with Crippen LogP contribution in [0.3, 0.4) is 0 Å². The van der Waals surface area contributed by atoms with E-state index in [1.807, 2.05) is 0 Å². The highest BCUT2D eigenvalue weighted by Crippen LogP contribution is 2.20. The summed E-state index contributed by atoms with van der Waals surface area (Å²) in [6, 6.07) is 4.59. The first-order valence-corrected chi connectivity index (χ1v) is 6.89. The molecule has 1 aliphatic heterocycles. The second-order valence-electron chi connectivity index (χ2n) is 3.98. The molecule has 0 aliphatic carbocycles. The highest BCUT2D eigenvalue weighted by molar-refractivity contribution is 7.91. The van der Waals surface area contributed by atoms with E-state index in [0.717, 1.165) is 18.6 Å². The van der Waals surface area contributed by atoms with Crippen molar-refractivity contribution in [2.24, 2.45) is 0 Å². The molecule has 1 fully saturated rings. The van der Waals surface area contributed by atoms with E-state index in [2.05, 4.69) is 0 Å². The Hall–Kier alpha value is -1.50. The molecule has 0 atom stereocenters. The van der Waals surface area contributed by atoms with Crippen LogP contribution in [0.2, 0.25) is 0 Å². The fraction of sp³-hybridized carbons (Fsp3) is 0.364. The summed E-state index contributed by atoms with van der Waals surface area (Å²) in [5.41, 5.74) is 0.308. The van der Waals surface area contributed by atoms with Crippen LogP contribution in [-0.2, 0) is 9.84 Å². The predicted molar refractivity (Wildman–Crippen MR) is 60.2 cm³/mol. The lowest BCUT2D eigenvalue weighted by Gasteiger charge is -2.30. The van der Waals surface area contributed by atoms with Crippen LogP contribution < -0.4 is 0 Å². The van der Waals surface area contributed by atoms with Gasteiger partial charge in [-0.05, 0) is 30.7 Å². The minimum absolute atomic E-state index is 0.206. The van der Waals surface area contributed by atoms with Crippen LogP contribution in [0, 0.1) is 0 Å². The van der Waals surface area contributed by atoms with Gasteiger partial charge in [0.15, 0.2) is 0 Å². The standard InChI is InChI=1S/C11H11F2NO3S/c12-11(13)18(16,17)9-4-2-8(3-5-9)10(15)14-6-1-7-14/h2-5,11H,1,6-7H2. The number of benzene rings is 1. The third-order valence-electron chi connectivity index (χ3n) is 2.81. The van der Waals surface area contributed by atoms with Crippen LogP contribution >= 0.6 is 0 Å². The van der Waals surface area contributed by atoms with Crippen molar-refractivity contribution < 1.29 is 22.0 Å². The number of halogens is 2. The van der Waals surface area contributed by atoms with Crippen molar-refractivity contribution in [1.29, 1.82) is 0 Å². The van der Waals surface area contributed by atoms with Gasteiger partial charge in [0.05, 0.1) is 4.90 Å². The third-order valence-corrected chi connectivity index (χ3v) is 4.21. The maximum atomic E-state index is 12.3. The van der Waals surface area contributed by atoms with Crippen molar-refractivity contribution >= 4 is 15.7 Å². The first-order chi connectivity index (χ1) is 8.43. The van der Waals surface area contributed by atoms with Gasteiger partial charge in [-0.15, -0.1) is 0 Å². The van der Waals surface area contributed by atoms with Gasteiger partial charge in [-0.1, -0.05) is 0 Å². The van der Waals surface area contributed by atoms with E-state index in [1.54, 1.807) is 4.90 Å². The van der Waals surface area contributed by atoms with Crippen molar-refractivity contribution in [3.05, 3.63) is 29.8 Å². The summed E-state index contributed by atoms with van der Waals surface area (Å²) in [7, 11) is -4.59. The van der Waals surface area contributed by atoms with E-state index in [-0.39, 0.29) is 5.91 Å². The van der Waals surface area contributed by atoms with Gasteiger partial charge in [0.1, 0.15) is 0 Å². The zero-order valence-electron chi connectivity index (χ0n) is 9.34. The molecule has 0 aromatic heterocycles. The number of rotatable bonds is 3. The fourth-order valence-electron chi connectivity index (χ4n) is 1.59. The van der Waals surface area contributed by atoms with Crippen LogP contribution in [0.5, 0.6) is 0 Å². The van der Waals surface area contributed by atoms with E-state index in [4.69, 9.17) is 0 Å². The van der Waals surface area contributed by atoms with Crippen molar-refractivity contribution in [2.75, 3.05) is 13.1 Å². The SMILES string of the molecule is O=C(c1ccc(S(=O)(=O)C(F)F)cc1)N1CCC1. The molecule has 0 saturated carbocycles. The van der Waals surface area contributed by atoms with Crippen molar-refractivity contribution in [3.63, 3.8) is 0 Å². The first-order valence-electron chi connectivity index (χ1n) is 5.34. The Bertz CT molecular complexity index is 550. The Morgan fingerprint density at radius 2 is 1.72 bits per heavy atom. The third kappa shape index (κ3) is 2.22. The van der Waals surface area contributed by atoms with Gasteiger partial charge in [0, 0.05) is 18.7 Å². The molecule has 0 spiro atoms. The Morgan fingerprint density at radius 3 is 2.11 bits per heavy atom. The lowest BCUT2D eigenvalue weighted by Crippen LogP contribution is -2.42. The first kappa shape index (κ1) is 12.9. The van der Waals surface area contributed by atoms with E-state index >= 15 is 0 Å². The summed E-state index contributed by atoms with van der Waals surface area (Å²) in [5.74, 6) is -3.66. The molecule has 1 aromatic carbocycles. The van der Waals surface area contributed by atoms with Crippen LogP contribution in [0.25, 0.3) is 0 Å². The van der Waals surface area contributed by atoms with Gasteiger partial charge >= 0.3 is 5.76 Å². The predicted octanol–water partition coefficient (Wildman–Crippen LogP) is 1.53. The van der Waals surface area contributed by atoms with Gasteiger partial charge in [-0.2, -0.15) is 8.78 Å². The van der Waals surface area contributed by atoms with Crippen molar-refractivity contribution in [3.8, 4) is 0 Å². The van der Waals surface area contributed by atoms with Crippen molar-refractivity contribution in [1.82, 2.24) is 4.90 Å². The van der Waals surface area contributed by atoms with Gasteiger partial charge in [0.25, 0.3) is 5.91 Å². The van der Waals surface area contributed by atoms with Crippen LogP contribution in [-0.4, -0.2) is 38.1 Å². The molecule has 1 aliphatic rings. The number of hydrogen-bond donors (Lipinski definition) is 0. The normalized spacial score (nSPS) is 15.6. The summed E-state index contributed by atoms with van der Waals surface area (Å²) in [6.07, 6.45) is 0.948. The average molecular weight is 275 g/mol. The maximum absolute atomic E-state index is 12.3. The van der Waals surface area contributed by atoms with Gasteiger partial charge < -0.3 is 4.90 Å². The minimum Gasteiger partial charge on any atom is -0.339 e. The van der Waals surface area contributed by atoms with E-state index in [1.165, 1.54) is 12.1 Å². The second kappa shape index (κ2) is 4.64. The molecule has 2 rings (SSSR count). The van der Waals surface area contributed by atoms with E-state index < -0.39 is 20.5 Å². The number of nitrogens with zero attached hydrogens (tertiary/aromatic N) is 1. The molecule has 0 unspecified atom stereocenters. The van der Waals surface area contributed by atoms with Gasteiger partial charge in [0.2, 0.25) is 9.84 Å². The van der Waals surface area contributed by atoms with Gasteiger partial charge in [-0.3, -0.25) is 4.79 Å². The molecular formula is C11H11F2NO3S. The summed E-state index contributed by atoms with van der Waals surface area (Å²) >= 11 is 0. The number of carbonyl (C=O) groups is 1. The topological polar surface area (TPSA) is 54.5 Å². The number of likely N-dealkylation sites (tertiary alicyclic amines) is 1. The molecule has 0 N–H and O–H groups in total. The van der Waals surface area contributed by atoms with Crippen LogP contribution in [0.1, 0.15) is 16.8 Å². The summed E-state index contributed by atoms with van der Waals surface area (Å²) < 4.78 is 46.9. The number of hydrogen-bond acceptors (Lipinski definition) is 3. The molecular weight excluding hydrogens is 264 g/mol. The van der Waals surface area contributed by atoms with Gasteiger partial charge in [-0.25, -0.2) is 8.42 Å². The zero-order valence-corrected chi connectivity index (χ0v) is 10.2. The molecule has 1 aromatic rings. The van der Waals surface area contributed by atoms with Crippen molar-refractivity contribution in [2.45, 2.75) is 17.1 Å². The summed E-state index contributed by atoms with van der Waals surface area (Å²) in [5, 5.41) is 0. The molecule has 1 saturated heterocycles. The second-order valence-corrected chi connectivity index (χ2v) is 5.89. The average Bonchev–Trinajstić information content (AvgIpc) is 2.26. The Kier molecular flexibility index (Phi) is 3.34. The lowest BCUT2D eigenvalue weighted by atomic mass is 10.1. The quantitative estimate of drug-likeness (QED) is 0.840.